The van der Waals surface area contributed by atoms with Gasteiger partial charge in [0.25, 0.3) is 0 Å². The number of rotatable bonds is 6. The van der Waals surface area contributed by atoms with Crippen LogP contribution in [0.1, 0.15) is 5.56 Å². The van der Waals surface area contributed by atoms with Crippen LogP contribution in [0, 0.1) is 0 Å². The summed E-state index contributed by atoms with van der Waals surface area (Å²) in [5.41, 5.74) is 6.92. The highest BCUT2D eigenvalue weighted by molar-refractivity contribution is 8.15. The van der Waals surface area contributed by atoms with E-state index in [1.165, 1.54) is 17.3 Å². The largest absolute Gasteiger partial charge is 0.285 e. The molecule has 1 heterocycles. The molecule has 4 nitrogen and oxygen atoms in total. The second-order valence-electron chi connectivity index (χ2n) is 5.51. The molecule has 1 aliphatic rings. The second kappa shape index (κ2) is 7.85. The Morgan fingerprint density at radius 1 is 1.16 bits per heavy atom. The van der Waals surface area contributed by atoms with E-state index in [9.17, 15) is 4.79 Å². The van der Waals surface area contributed by atoms with Crippen LogP contribution in [0.15, 0.2) is 78.9 Å². The molecular weight excluding hydrogens is 330 g/mol. The van der Waals surface area contributed by atoms with E-state index in [4.69, 9.17) is 0 Å². The molecule has 2 aromatic carbocycles. The fraction of sp³-hybridized carbons (Fsp3) is 0.100. The van der Waals surface area contributed by atoms with E-state index >= 15 is 0 Å². The number of hydrogen-bond donors (Lipinski definition) is 1. The van der Waals surface area contributed by atoms with Crippen LogP contribution in [-0.2, 0) is 4.79 Å². The van der Waals surface area contributed by atoms with Crippen molar-refractivity contribution in [2.45, 2.75) is 0 Å². The van der Waals surface area contributed by atoms with Crippen LogP contribution in [0.4, 0.5) is 0 Å². The molecule has 1 saturated heterocycles. The Hall–Kier alpha value is -2.79. The van der Waals surface area contributed by atoms with E-state index in [-0.39, 0.29) is 5.91 Å². The molecule has 5 heteroatoms. The highest BCUT2D eigenvalue weighted by Crippen LogP contribution is 2.22. The molecule has 2 aromatic rings. The van der Waals surface area contributed by atoms with Crippen molar-refractivity contribution >= 4 is 28.5 Å². The maximum absolute atomic E-state index is 11.8. The Balaban J connectivity index is 1.68. The summed E-state index contributed by atoms with van der Waals surface area (Å²) >= 11 is 1.41. The fourth-order valence-electron chi connectivity index (χ4n) is 2.46. The van der Waals surface area contributed by atoms with Crippen LogP contribution in [-0.4, -0.2) is 28.3 Å². The molecule has 1 fully saturated rings. The van der Waals surface area contributed by atoms with Gasteiger partial charge in [-0.15, -0.1) is 11.7 Å². The van der Waals surface area contributed by atoms with Crippen LogP contribution in [0.2, 0.25) is 0 Å². The molecule has 25 heavy (non-hydrogen) atoms. The maximum Gasteiger partial charge on any atom is 0.239 e. The summed E-state index contributed by atoms with van der Waals surface area (Å²) in [5, 5.41) is 4.96. The van der Waals surface area contributed by atoms with Crippen molar-refractivity contribution in [2.75, 3.05) is 12.3 Å². The van der Waals surface area contributed by atoms with Crippen LogP contribution in [0.5, 0.6) is 0 Å². The molecule has 0 bridgehead atoms. The number of nitrogens with zero attached hydrogens (tertiary/aromatic N) is 2. The molecule has 1 amide bonds. The molecule has 3 rings (SSSR count). The van der Waals surface area contributed by atoms with Crippen molar-refractivity contribution in [3.8, 4) is 11.1 Å². The van der Waals surface area contributed by atoms with Crippen molar-refractivity contribution in [1.29, 1.82) is 0 Å². The van der Waals surface area contributed by atoms with Crippen molar-refractivity contribution in [3.63, 3.8) is 0 Å². The summed E-state index contributed by atoms with van der Waals surface area (Å²) in [5.74, 6) is 0.454. The van der Waals surface area contributed by atoms with E-state index in [0.717, 1.165) is 11.1 Å². The number of amides is 1. The highest BCUT2D eigenvalue weighted by Gasteiger charge is 2.27. The van der Waals surface area contributed by atoms with Crippen LogP contribution in [0.3, 0.4) is 0 Å². The summed E-state index contributed by atoms with van der Waals surface area (Å²) in [7, 11) is 0. The number of hydrazone groups is 1. The van der Waals surface area contributed by atoms with Gasteiger partial charge in [0.2, 0.25) is 5.91 Å². The van der Waals surface area contributed by atoms with Crippen LogP contribution in [0.25, 0.3) is 16.8 Å². The van der Waals surface area contributed by atoms with Crippen LogP contribution < -0.4 is 5.43 Å². The smallest absolute Gasteiger partial charge is 0.239 e. The highest BCUT2D eigenvalue weighted by atomic mass is 32.2. The quantitative estimate of drug-likeness (QED) is 0.634. The Morgan fingerprint density at radius 2 is 1.84 bits per heavy atom. The van der Waals surface area contributed by atoms with Gasteiger partial charge in [-0.05, 0) is 16.7 Å². The van der Waals surface area contributed by atoms with Gasteiger partial charge in [0.05, 0.1) is 11.4 Å². The molecule has 126 valence electrons. The van der Waals surface area contributed by atoms with E-state index in [1.54, 1.807) is 11.0 Å². The van der Waals surface area contributed by atoms with Gasteiger partial charge in [0, 0.05) is 6.54 Å². The molecule has 0 atom stereocenters. The minimum Gasteiger partial charge on any atom is -0.285 e. The maximum atomic E-state index is 11.8. The molecule has 0 aromatic heterocycles. The number of hydrogen-bond acceptors (Lipinski definition) is 4. The van der Waals surface area contributed by atoms with E-state index in [2.05, 4.69) is 48.0 Å². The SMILES string of the molecule is C=CCN1C(=O)CSC1=NNC(=C)c1ccc(-c2ccccc2)cc1. The summed E-state index contributed by atoms with van der Waals surface area (Å²) in [6.07, 6.45) is 1.69. The van der Waals surface area contributed by atoms with Gasteiger partial charge in [-0.25, -0.2) is 0 Å². The Bertz CT molecular complexity index is 813. The van der Waals surface area contributed by atoms with Gasteiger partial charge in [0.1, 0.15) is 0 Å². The first-order valence-electron chi connectivity index (χ1n) is 7.91. The number of amidine groups is 1. The topological polar surface area (TPSA) is 44.7 Å². The summed E-state index contributed by atoms with van der Waals surface area (Å²) < 4.78 is 0. The monoisotopic (exact) mass is 349 g/mol. The first kappa shape index (κ1) is 17.0. The van der Waals surface area contributed by atoms with Crippen molar-refractivity contribution in [3.05, 3.63) is 79.4 Å². The van der Waals surface area contributed by atoms with Gasteiger partial charge in [-0.1, -0.05) is 79.0 Å². The van der Waals surface area contributed by atoms with Gasteiger partial charge in [-0.3, -0.25) is 15.1 Å². The third kappa shape index (κ3) is 4.00. The number of thioether (sulfide) groups is 1. The summed E-state index contributed by atoms with van der Waals surface area (Å²) in [6, 6.07) is 18.3. The number of carbonyl (C=O) groups excluding carboxylic acids is 1. The van der Waals surface area contributed by atoms with Gasteiger partial charge < -0.3 is 0 Å². The molecule has 0 radical (unpaired) electrons. The van der Waals surface area contributed by atoms with E-state index in [1.807, 2.05) is 30.3 Å². The molecule has 1 N–H and O–H groups in total. The third-order valence-corrected chi connectivity index (χ3v) is 4.76. The lowest BCUT2D eigenvalue weighted by Crippen LogP contribution is -2.30. The predicted octanol–water partition coefficient (Wildman–Crippen LogP) is 3.95. The molecular formula is C20H19N3OS. The molecule has 0 unspecified atom stereocenters. The summed E-state index contributed by atoms with van der Waals surface area (Å²) in [6.45, 7) is 8.16. The average Bonchev–Trinajstić information content (AvgIpc) is 3.01. The predicted molar refractivity (Wildman–Crippen MR) is 106 cm³/mol. The minimum absolute atomic E-state index is 0.0447. The van der Waals surface area contributed by atoms with Crippen molar-refractivity contribution in [2.24, 2.45) is 5.10 Å². The van der Waals surface area contributed by atoms with Gasteiger partial charge in [-0.2, -0.15) is 0 Å². The Kier molecular flexibility index (Phi) is 5.36. The van der Waals surface area contributed by atoms with E-state index < -0.39 is 0 Å². The standard InChI is InChI=1S/C20H19N3OS/c1-3-13-23-19(24)14-25-20(23)22-21-15(2)16-9-11-18(12-10-16)17-7-5-4-6-8-17/h3-12,21H,1-2,13-14H2. The van der Waals surface area contributed by atoms with Crippen molar-refractivity contribution in [1.82, 2.24) is 10.3 Å². The van der Waals surface area contributed by atoms with Crippen LogP contribution >= 0.6 is 11.8 Å². The second-order valence-corrected chi connectivity index (χ2v) is 6.45. The lowest BCUT2D eigenvalue weighted by Gasteiger charge is -2.14. The zero-order valence-electron chi connectivity index (χ0n) is 13.8. The van der Waals surface area contributed by atoms with Crippen molar-refractivity contribution < 1.29 is 4.79 Å². The number of nitrogens with one attached hydrogen (secondary N) is 1. The normalized spacial score (nSPS) is 15.4. The molecule has 0 aliphatic carbocycles. The first-order valence-corrected chi connectivity index (χ1v) is 8.90. The third-order valence-electron chi connectivity index (χ3n) is 3.80. The molecule has 1 aliphatic heterocycles. The Labute approximate surface area is 151 Å². The minimum atomic E-state index is 0.0447. The summed E-state index contributed by atoms with van der Waals surface area (Å²) in [4.78, 5) is 13.4. The zero-order valence-corrected chi connectivity index (χ0v) is 14.6. The lowest BCUT2D eigenvalue weighted by molar-refractivity contribution is -0.123. The molecule has 0 spiro atoms. The average molecular weight is 349 g/mol. The van der Waals surface area contributed by atoms with Gasteiger partial charge in [0.15, 0.2) is 5.17 Å². The zero-order chi connectivity index (χ0) is 17.6. The number of benzene rings is 2. The molecule has 0 saturated carbocycles. The Morgan fingerprint density at radius 3 is 2.52 bits per heavy atom. The van der Waals surface area contributed by atoms with E-state index in [0.29, 0.717) is 23.2 Å². The number of carbonyl (C=O) groups is 1. The lowest BCUT2D eigenvalue weighted by atomic mass is 10.0. The first-order chi connectivity index (χ1) is 12.2. The van der Waals surface area contributed by atoms with Gasteiger partial charge >= 0.3 is 0 Å². The fourth-order valence-corrected chi connectivity index (χ4v) is 3.32.